The van der Waals surface area contributed by atoms with E-state index in [1.165, 1.54) is 4.88 Å². The molecule has 0 aliphatic heterocycles. The van der Waals surface area contributed by atoms with Gasteiger partial charge in [-0.25, -0.2) is 0 Å². The van der Waals surface area contributed by atoms with Crippen LogP contribution < -0.4 is 11.1 Å². The maximum Gasteiger partial charge on any atom is 0.225 e. The zero-order valence-electron chi connectivity index (χ0n) is 11.6. The van der Waals surface area contributed by atoms with Crippen LogP contribution in [-0.2, 0) is 11.2 Å². The molecule has 1 unspecified atom stereocenters. The van der Waals surface area contributed by atoms with Gasteiger partial charge in [0.25, 0.3) is 0 Å². The number of nitrogen functional groups attached to an aromatic ring is 1. The number of amides is 1. The average molecular weight is 288 g/mol. The van der Waals surface area contributed by atoms with Crippen LogP contribution in [0.15, 0.2) is 41.8 Å². The van der Waals surface area contributed by atoms with Gasteiger partial charge in [0.05, 0.1) is 12.5 Å². The van der Waals surface area contributed by atoms with Crippen molar-refractivity contribution < 1.29 is 4.79 Å². The number of thiophene rings is 1. The minimum absolute atomic E-state index is 0.0229. The van der Waals surface area contributed by atoms with E-state index in [0.29, 0.717) is 12.1 Å². The maximum absolute atomic E-state index is 12.2. The fraction of sp³-hybridized carbons (Fsp3) is 0.312. The monoisotopic (exact) mass is 288 g/mol. The second-order valence-corrected chi connectivity index (χ2v) is 5.78. The second kappa shape index (κ2) is 7.10. The summed E-state index contributed by atoms with van der Waals surface area (Å²) in [5, 5.41) is 5.15. The molecule has 0 saturated heterocycles. The number of nitrogens with two attached hydrogens (primary N) is 1. The first-order valence-electron chi connectivity index (χ1n) is 6.87. The van der Waals surface area contributed by atoms with E-state index in [9.17, 15) is 4.79 Å². The van der Waals surface area contributed by atoms with Gasteiger partial charge < -0.3 is 11.1 Å². The molecule has 0 aliphatic carbocycles. The number of carbonyl (C=O) groups is 1. The van der Waals surface area contributed by atoms with E-state index in [4.69, 9.17) is 5.73 Å². The van der Waals surface area contributed by atoms with E-state index in [1.54, 1.807) is 11.3 Å². The predicted molar refractivity (Wildman–Crippen MR) is 84.7 cm³/mol. The van der Waals surface area contributed by atoms with Crippen LogP contribution in [-0.4, -0.2) is 5.91 Å². The van der Waals surface area contributed by atoms with Crippen LogP contribution >= 0.6 is 11.3 Å². The lowest BCUT2D eigenvalue weighted by Crippen LogP contribution is -2.29. The Morgan fingerprint density at radius 1 is 1.30 bits per heavy atom. The van der Waals surface area contributed by atoms with Crippen molar-refractivity contribution in [3.05, 3.63) is 52.2 Å². The van der Waals surface area contributed by atoms with Gasteiger partial charge in [0, 0.05) is 10.6 Å². The molecule has 1 aromatic carbocycles. The molecule has 106 valence electrons. The third-order valence-corrected chi connectivity index (χ3v) is 4.19. The van der Waals surface area contributed by atoms with Gasteiger partial charge >= 0.3 is 0 Å². The third-order valence-electron chi connectivity index (χ3n) is 3.21. The number of anilines is 1. The Labute approximate surface area is 123 Å². The summed E-state index contributed by atoms with van der Waals surface area (Å²) in [5.74, 6) is 0.0229. The lowest BCUT2D eigenvalue weighted by Gasteiger charge is -2.17. The Morgan fingerprint density at radius 2 is 2.10 bits per heavy atom. The lowest BCUT2D eigenvalue weighted by molar-refractivity contribution is -0.121. The minimum atomic E-state index is 0.0229. The third kappa shape index (κ3) is 3.84. The molecule has 3 N–H and O–H groups in total. The van der Waals surface area contributed by atoms with Crippen molar-refractivity contribution in [1.29, 1.82) is 0 Å². The minimum Gasteiger partial charge on any atom is -0.398 e. The molecule has 0 bridgehead atoms. The first-order valence-corrected chi connectivity index (χ1v) is 7.74. The lowest BCUT2D eigenvalue weighted by atomic mass is 10.1. The number of hydrogen-bond acceptors (Lipinski definition) is 3. The summed E-state index contributed by atoms with van der Waals surface area (Å²) < 4.78 is 0. The van der Waals surface area contributed by atoms with Gasteiger partial charge in [-0.15, -0.1) is 11.3 Å². The number of nitrogens with one attached hydrogen (secondary N) is 1. The van der Waals surface area contributed by atoms with Crippen molar-refractivity contribution in [2.24, 2.45) is 0 Å². The van der Waals surface area contributed by atoms with Crippen molar-refractivity contribution in [1.82, 2.24) is 5.32 Å². The molecule has 4 heteroatoms. The number of benzene rings is 1. The summed E-state index contributed by atoms with van der Waals surface area (Å²) in [4.78, 5) is 13.4. The van der Waals surface area contributed by atoms with E-state index in [2.05, 4.69) is 18.3 Å². The van der Waals surface area contributed by atoms with Gasteiger partial charge in [0.15, 0.2) is 0 Å². The van der Waals surface area contributed by atoms with E-state index in [1.807, 2.05) is 35.7 Å². The number of hydrogen-bond donors (Lipinski definition) is 2. The second-order valence-electron chi connectivity index (χ2n) is 4.80. The topological polar surface area (TPSA) is 55.1 Å². The van der Waals surface area contributed by atoms with Crippen LogP contribution in [0.2, 0.25) is 0 Å². The Balaban J connectivity index is 2.00. The summed E-state index contributed by atoms with van der Waals surface area (Å²) >= 11 is 1.68. The van der Waals surface area contributed by atoms with Gasteiger partial charge in [-0.2, -0.15) is 0 Å². The highest BCUT2D eigenvalue weighted by Gasteiger charge is 2.15. The largest absolute Gasteiger partial charge is 0.398 e. The van der Waals surface area contributed by atoms with Gasteiger partial charge in [-0.05, 0) is 29.5 Å². The first-order chi connectivity index (χ1) is 9.70. The Hall–Kier alpha value is -1.81. The highest BCUT2D eigenvalue weighted by molar-refractivity contribution is 7.10. The predicted octanol–water partition coefficient (Wildman–Crippen LogP) is 3.53. The number of para-hydroxylation sites is 1. The number of carbonyl (C=O) groups excluding carboxylic acids is 1. The highest BCUT2D eigenvalue weighted by Crippen LogP contribution is 2.23. The van der Waals surface area contributed by atoms with Crippen LogP contribution in [0.1, 0.15) is 36.2 Å². The van der Waals surface area contributed by atoms with Crippen molar-refractivity contribution in [2.75, 3.05) is 5.73 Å². The van der Waals surface area contributed by atoms with Crippen LogP contribution in [0.4, 0.5) is 5.69 Å². The SMILES string of the molecule is CCCC(NC(=O)Cc1ccccc1N)c1cccs1. The summed E-state index contributed by atoms with van der Waals surface area (Å²) in [6, 6.07) is 11.7. The summed E-state index contributed by atoms with van der Waals surface area (Å²) in [6.07, 6.45) is 2.32. The van der Waals surface area contributed by atoms with Gasteiger partial charge in [-0.3, -0.25) is 4.79 Å². The Morgan fingerprint density at radius 3 is 2.75 bits per heavy atom. The summed E-state index contributed by atoms with van der Waals surface area (Å²) in [5.41, 5.74) is 7.43. The van der Waals surface area contributed by atoms with Crippen LogP contribution in [0.25, 0.3) is 0 Å². The molecule has 0 fully saturated rings. The molecular weight excluding hydrogens is 268 g/mol. The highest BCUT2D eigenvalue weighted by atomic mass is 32.1. The average Bonchev–Trinajstić information content (AvgIpc) is 2.95. The fourth-order valence-electron chi connectivity index (χ4n) is 2.18. The van der Waals surface area contributed by atoms with Gasteiger partial charge in [0.2, 0.25) is 5.91 Å². The van der Waals surface area contributed by atoms with E-state index in [0.717, 1.165) is 18.4 Å². The maximum atomic E-state index is 12.2. The van der Waals surface area contributed by atoms with Crippen molar-refractivity contribution in [3.63, 3.8) is 0 Å². The number of rotatable bonds is 6. The molecule has 0 spiro atoms. The molecule has 1 aromatic heterocycles. The van der Waals surface area contributed by atoms with Crippen molar-refractivity contribution >= 4 is 22.9 Å². The van der Waals surface area contributed by atoms with E-state index >= 15 is 0 Å². The molecule has 0 aliphatic rings. The van der Waals surface area contributed by atoms with Gasteiger partial charge in [0.1, 0.15) is 0 Å². The van der Waals surface area contributed by atoms with E-state index < -0.39 is 0 Å². The molecular formula is C16H20N2OS. The first kappa shape index (κ1) is 14.6. The molecule has 2 aromatic rings. The molecule has 1 amide bonds. The quantitative estimate of drug-likeness (QED) is 0.799. The summed E-state index contributed by atoms with van der Waals surface area (Å²) in [6.45, 7) is 2.13. The van der Waals surface area contributed by atoms with Crippen molar-refractivity contribution in [2.45, 2.75) is 32.2 Å². The zero-order valence-corrected chi connectivity index (χ0v) is 12.5. The molecule has 20 heavy (non-hydrogen) atoms. The molecule has 0 saturated carbocycles. The Kier molecular flexibility index (Phi) is 5.18. The van der Waals surface area contributed by atoms with Gasteiger partial charge in [-0.1, -0.05) is 37.6 Å². The van der Waals surface area contributed by atoms with Crippen LogP contribution in [0, 0.1) is 0 Å². The fourth-order valence-corrected chi connectivity index (χ4v) is 2.99. The molecule has 3 nitrogen and oxygen atoms in total. The summed E-state index contributed by atoms with van der Waals surface area (Å²) in [7, 11) is 0. The smallest absolute Gasteiger partial charge is 0.225 e. The van der Waals surface area contributed by atoms with Crippen LogP contribution in [0.3, 0.4) is 0 Å². The normalized spacial score (nSPS) is 12.1. The standard InChI is InChI=1S/C16H20N2OS/c1-2-6-14(15-9-5-10-20-15)18-16(19)11-12-7-3-4-8-13(12)17/h3-5,7-10,14H,2,6,11,17H2,1H3,(H,18,19). The van der Waals surface area contributed by atoms with E-state index in [-0.39, 0.29) is 11.9 Å². The van der Waals surface area contributed by atoms with Crippen molar-refractivity contribution in [3.8, 4) is 0 Å². The molecule has 0 radical (unpaired) electrons. The molecule has 2 rings (SSSR count). The van der Waals surface area contributed by atoms with Crippen LogP contribution in [0.5, 0.6) is 0 Å². The Bertz CT molecular complexity index is 551. The molecule has 1 heterocycles. The zero-order chi connectivity index (χ0) is 14.4. The molecule has 1 atom stereocenters.